The van der Waals surface area contributed by atoms with Crippen LogP contribution in [0, 0.1) is 12.8 Å². The molecule has 16 heavy (non-hydrogen) atoms. The van der Waals surface area contributed by atoms with E-state index >= 15 is 0 Å². The van der Waals surface area contributed by atoms with Crippen molar-refractivity contribution in [2.24, 2.45) is 5.92 Å². The van der Waals surface area contributed by atoms with E-state index in [2.05, 4.69) is 0 Å². The van der Waals surface area contributed by atoms with Crippen LogP contribution in [0.25, 0.3) is 0 Å². The van der Waals surface area contributed by atoms with Gasteiger partial charge in [-0.1, -0.05) is 0 Å². The summed E-state index contributed by atoms with van der Waals surface area (Å²) < 4.78 is 39.6. The lowest BCUT2D eigenvalue weighted by molar-refractivity contribution is 0.0481. The highest BCUT2D eigenvalue weighted by atomic mass is 32.1. The zero-order valence-corrected chi connectivity index (χ0v) is 9.94. The van der Waals surface area contributed by atoms with E-state index in [9.17, 15) is 13.2 Å². The first-order chi connectivity index (χ1) is 7.61. The minimum absolute atomic E-state index is 0.0773. The highest BCUT2D eigenvalue weighted by Gasteiger charge is 2.39. The molecular formula is C12H15F3S. The predicted molar refractivity (Wildman–Crippen MR) is 60.3 cm³/mol. The Hall–Kier alpha value is -0.510. The molecule has 1 fully saturated rings. The fourth-order valence-electron chi connectivity index (χ4n) is 2.31. The van der Waals surface area contributed by atoms with Crippen LogP contribution in [-0.4, -0.2) is 19.0 Å². The molecule has 0 bridgehead atoms. The molecule has 2 rings (SSSR count). The van der Waals surface area contributed by atoms with Crippen molar-refractivity contribution < 1.29 is 13.2 Å². The Kier molecular flexibility index (Phi) is 3.57. The zero-order valence-electron chi connectivity index (χ0n) is 9.13. The van der Waals surface area contributed by atoms with Gasteiger partial charge in [0.2, 0.25) is 0 Å². The van der Waals surface area contributed by atoms with Crippen molar-refractivity contribution in [2.45, 2.75) is 38.0 Å². The summed E-state index contributed by atoms with van der Waals surface area (Å²) in [5.74, 6) is -1.12. The van der Waals surface area contributed by atoms with Gasteiger partial charge < -0.3 is 0 Å². The van der Waals surface area contributed by atoms with Gasteiger partial charge in [0.15, 0.2) is 0 Å². The molecule has 1 aliphatic rings. The van der Waals surface area contributed by atoms with Crippen molar-refractivity contribution in [3.8, 4) is 0 Å². The summed E-state index contributed by atoms with van der Waals surface area (Å²) in [6.07, 6.45) is -2.17. The van der Waals surface area contributed by atoms with Crippen LogP contribution in [0.15, 0.2) is 12.1 Å². The van der Waals surface area contributed by atoms with E-state index < -0.39 is 24.9 Å². The second kappa shape index (κ2) is 4.78. The molecule has 0 radical (unpaired) electrons. The third-order valence-corrected chi connectivity index (χ3v) is 4.45. The van der Waals surface area contributed by atoms with Crippen LogP contribution in [0.2, 0.25) is 0 Å². The van der Waals surface area contributed by atoms with Gasteiger partial charge in [0.1, 0.15) is 12.3 Å². The number of alkyl halides is 3. The van der Waals surface area contributed by atoms with Crippen LogP contribution in [-0.2, 0) is 0 Å². The third kappa shape index (κ3) is 2.26. The van der Waals surface area contributed by atoms with Crippen LogP contribution in [0.1, 0.15) is 28.5 Å². The lowest BCUT2D eigenvalue weighted by atomic mass is 9.79. The molecule has 1 aromatic rings. The molecule has 0 spiro atoms. The van der Waals surface area contributed by atoms with Crippen molar-refractivity contribution in [3.63, 3.8) is 0 Å². The maximum atomic E-state index is 13.6. The first-order valence-electron chi connectivity index (χ1n) is 5.52. The average molecular weight is 248 g/mol. The molecule has 0 amide bonds. The molecule has 1 aliphatic carbocycles. The molecule has 0 nitrogen and oxygen atoms in total. The number of halogens is 3. The predicted octanol–water partition coefficient (Wildman–Crippen LogP) is 4.20. The number of thiophene rings is 1. The molecule has 2 atom stereocenters. The molecule has 1 aromatic heterocycles. The summed E-state index contributed by atoms with van der Waals surface area (Å²) in [5, 5.41) is 0. The van der Waals surface area contributed by atoms with Crippen molar-refractivity contribution >= 4 is 11.3 Å². The Morgan fingerprint density at radius 1 is 1.25 bits per heavy atom. The van der Waals surface area contributed by atoms with E-state index in [1.807, 2.05) is 19.1 Å². The molecule has 0 saturated heterocycles. The smallest absolute Gasteiger partial charge is 0.109 e. The third-order valence-electron chi connectivity index (χ3n) is 3.29. The first-order valence-corrected chi connectivity index (χ1v) is 6.34. The van der Waals surface area contributed by atoms with E-state index in [1.54, 1.807) is 11.3 Å². The highest BCUT2D eigenvalue weighted by molar-refractivity contribution is 7.12. The Labute approximate surface area is 97.5 Å². The van der Waals surface area contributed by atoms with E-state index in [-0.39, 0.29) is 18.8 Å². The van der Waals surface area contributed by atoms with Gasteiger partial charge in [0, 0.05) is 15.7 Å². The van der Waals surface area contributed by atoms with Gasteiger partial charge in [-0.25, -0.2) is 8.78 Å². The van der Waals surface area contributed by atoms with Crippen LogP contribution in [0.3, 0.4) is 0 Å². The maximum absolute atomic E-state index is 13.6. The standard InChI is InChI=1S/C12H15F3S/c1-7-2-3-12(16-7)8-4-10(14)9(6-13)11(15)5-8/h2-3,8-11H,4-6H2,1H3. The minimum atomic E-state index is -1.35. The van der Waals surface area contributed by atoms with Gasteiger partial charge in [0.05, 0.1) is 6.67 Å². The van der Waals surface area contributed by atoms with Crippen LogP contribution >= 0.6 is 11.3 Å². The summed E-state index contributed by atoms with van der Waals surface area (Å²) in [4.78, 5) is 2.17. The van der Waals surface area contributed by atoms with Gasteiger partial charge >= 0.3 is 0 Å². The Morgan fingerprint density at radius 3 is 2.31 bits per heavy atom. The highest BCUT2D eigenvalue weighted by Crippen LogP contribution is 2.41. The number of hydrogen-bond donors (Lipinski definition) is 0. The second-order valence-electron chi connectivity index (χ2n) is 4.47. The monoisotopic (exact) mass is 248 g/mol. The number of hydrogen-bond acceptors (Lipinski definition) is 1. The topological polar surface area (TPSA) is 0 Å². The van der Waals surface area contributed by atoms with Crippen molar-refractivity contribution in [1.82, 2.24) is 0 Å². The summed E-state index contributed by atoms with van der Waals surface area (Å²) in [5.41, 5.74) is 0. The lowest BCUT2D eigenvalue weighted by Crippen LogP contribution is -2.35. The van der Waals surface area contributed by atoms with E-state index in [1.165, 1.54) is 0 Å². The van der Waals surface area contributed by atoms with Gasteiger partial charge in [-0.05, 0) is 37.8 Å². The molecule has 90 valence electrons. The van der Waals surface area contributed by atoms with E-state index in [0.717, 1.165) is 9.75 Å². The molecule has 4 heteroatoms. The minimum Gasteiger partial charge on any atom is -0.251 e. The summed E-state index contributed by atoms with van der Waals surface area (Å²) in [7, 11) is 0. The van der Waals surface area contributed by atoms with Crippen LogP contribution in [0.4, 0.5) is 13.2 Å². The van der Waals surface area contributed by atoms with Crippen LogP contribution in [0.5, 0.6) is 0 Å². The largest absolute Gasteiger partial charge is 0.251 e. The summed E-state index contributed by atoms with van der Waals surface area (Å²) in [6.45, 7) is 1.08. The summed E-state index contributed by atoms with van der Waals surface area (Å²) in [6, 6.07) is 3.89. The van der Waals surface area contributed by atoms with E-state index in [0.29, 0.717) is 0 Å². The van der Waals surface area contributed by atoms with Gasteiger partial charge in [-0.15, -0.1) is 11.3 Å². The van der Waals surface area contributed by atoms with Gasteiger partial charge in [-0.2, -0.15) is 0 Å². The van der Waals surface area contributed by atoms with Crippen molar-refractivity contribution in [3.05, 3.63) is 21.9 Å². The molecular weight excluding hydrogens is 233 g/mol. The van der Waals surface area contributed by atoms with Gasteiger partial charge in [-0.3, -0.25) is 4.39 Å². The van der Waals surface area contributed by atoms with Crippen molar-refractivity contribution in [2.75, 3.05) is 6.67 Å². The Bertz CT molecular complexity index is 338. The molecule has 2 unspecified atom stereocenters. The second-order valence-corrected chi connectivity index (χ2v) is 5.79. The molecule has 0 aromatic carbocycles. The molecule has 1 saturated carbocycles. The molecule has 0 aliphatic heterocycles. The van der Waals surface area contributed by atoms with E-state index in [4.69, 9.17) is 0 Å². The fraction of sp³-hybridized carbons (Fsp3) is 0.667. The summed E-state index contributed by atoms with van der Waals surface area (Å²) >= 11 is 1.58. The molecule has 1 heterocycles. The Morgan fingerprint density at radius 2 is 1.88 bits per heavy atom. The average Bonchev–Trinajstić information content (AvgIpc) is 2.64. The van der Waals surface area contributed by atoms with Crippen LogP contribution < -0.4 is 0 Å². The lowest BCUT2D eigenvalue weighted by Gasteiger charge is -2.32. The fourth-order valence-corrected chi connectivity index (χ4v) is 3.32. The van der Waals surface area contributed by atoms with Gasteiger partial charge in [0.25, 0.3) is 0 Å². The van der Waals surface area contributed by atoms with Crippen molar-refractivity contribution in [1.29, 1.82) is 0 Å². The normalized spacial score (nSPS) is 35.2. The number of aryl methyl sites for hydroxylation is 1. The zero-order chi connectivity index (χ0) is 11.7. The SMILES string of the molecule is Cc1ccc(C2CC(F)C(CF)C(F)C2)s1. The number of rotatable bonds is 2. The Balaban J connectivity index is 2.10. The quantitative estimate of drug-likeness (QED) is 0.736. The maximum Gasteiger partial charge on any atom is 0.109 e. The molecule has 0 N–H and O–H groups in total. The first kappa shape index (κ1) is 12.0.